The van der Waals surface area contributed by atoms with Crippen molar-refractivity contribution in [2.75, 3.05) is 11.4 Å². The number of fused-ring (bicyclic) bond motifs is 1. The van der Waals surface area contributed by atoms with Gasteiger partial charge in [-0.05, 0) is 93.5 Å². The number of carbonyl (C=O) groups excluding carboxylic acids is 1. The average Bonchev–Trinajstić information content (AvgIpc) is 2.62. The molecule has 0 saturated heterocycles. The third kappa shape index (κ3) is 4.32. The second kappa shape index (κ2) is 8.19. The van der Waals surface area contributed by atoms with Crippen LogP contribution in [0.25, 0.3) is 0 Å². The van der Waals surface area contributed by atoms with Gasteiger partial charge in [0.05, 0.1) is 16.8 Å². The molecular weight excluding hydrogens is 382 g/mol. The largest absolute Gasteiger partial charge is 0.366 e. The Kier molecular flexibility index (Phi) is 6.04. The van der Waals surface area contributed by atoms with Crippen molar-refractivity contribution in [1.29, 1.82) is 0 Å². The Bertz CT molecular complexity index is 965. The van der Waals surface area contributed by atoms with Crippen molar-refractivity contribution < 1.29 is 4.79 Å². The van der Waals surface area contributed by atoms with Gasteiger partial charge in [-0.1, -0.05) is 24.6 Å². The van der Waals surface area contributed by atoms with Crippen LogP contribution >= 0.6 is 11.6 Å². The van der Waals surface area contributed by atoms with Gasteiger partial charge in [0.2, 0.25) is 0 Å². The predicted molar refractivity (Wildman–Crippen MR) is 123 cm³/mol. The van der Waals surface area contributed by atoms with Crippen LogP contribution in [0.3, 0.4) is 0 Å². The molecule has 0 bridgehead atoms. The van der Waals surface area contributed by atoms with Gasteiger partial charge in [0.25, 0.3) is 5.91 Å². The molecule has 0 spiro atoms. The number of nitrogens with one attached hydrogen (secondary N) is 1. The molecule has 4 nitrogen and oxygen atoms in total. The van der Waals surface area contributed by atoms with Gasteiger partial charge in [-0.2, -0.15) is 5.10 Å². The van der Waals surface area contributed by atoms with Gasteiger partial charge < -0.3 is 4.90 Å². The first-order valence-corrected chi connectivity index (χ1v) is 10.5. The van der Waals surface area contributed by atoms with E-state index in [4.69, 9.17) is 11.6 Å². The Balaban J connectivity index is 1.83. The molecule has 1 amide bonds. The minimum Gasteiger partial charge on any atom is -0.366 e. The molecule has 5 heteroatoms. The molecule has 0 aromatic heterocycles. The lowest BCUT2D eigenvalue weighted by molar-refractivity contribution is 0.0955. The molecule has 0 radical (unpaired) electrons. The van der Waals surface area contributed by atoms with Gasteiger partial charge in [0.15, 0.2) is 0 Å². The highest BCUT2D eigenvalue weighted by molar-refractivity contribution is 6.33. The zero-order valence-corrected chi connectivity index (χ0v) is 18.9. The second-order valence-electron chi connectivity index (χ2n) is 8.61. The first-order valence-electron chi connectivity index (χ1n) is 10.2. The number of nitrogens with zero attached hydrogens (tertiary/aromatic N) is 2. The first kappa shape index (κ1) is 21.4. The summed E-state index contributed by atoms with van der Waals surface area (Å²) in [6.45, 7) is 14.1. The molecule has 2 aromatic rings. The molecule has 0 unspecified atom stereocenters. The fourth-order valence-electron chi connectivity index (χ4n) is 4.41. The summed E-state index contributed by atoms with van der Waals surface area (Å²) in [7, 11) is 0. The van der Waals surface area contributed by atoms with Crippen molar-refractivity contribution in [2.45, 2.75) is 59.4 Å². The molecule has 154 valence electrons. The Morgan fingerprint density at radius 2 is 2.03 bits per heavy atom. The number of anilines is 1. The van der Waals surface area contributed by atoms with Crippen molar-refractivity contribution in [2.24, 2.45) is 5.10 Å². The van der Waals surface area contributed by atoms with Crippen molar-refractivity contribution in [3.05, 3.63) is 63.2 Å². The molecule has 29 heavy (non-hydrogen) atoms. The standard InChI is InChI=1S/C24H30ClN3O/c1-7-28-22-11-16(3)18(12-20(22)17(4)13-24(28,5)6)14-26-27-23(29)19-9-8-15(2)10-21(19)25/h8-12,14,17H,7,13H2,1-6H3,(H,27,29)/b26-14-/t17-/m1/s1. The minimum atomic E-state index is -0.311. The summed E-state index contributed by atoms with van der Waals surface area (Å²) < 4.78 is 0. The third-order valence-corrected chi connectivity index (χ3v) is 6.14. The second-order valence-corrected chi connectivity index (χ2v) is 9.02. The van der Waals surface area contributed by atoms with E-state index in [9.17, 15) is 4.79 Å². The van der Waals surface area contributed by atoms with Gasteiger partial charge in [0.1, 0.15) is 0 Å². The summed E-state index contributed by atoms with van der Waals surface area (Å²) >= 11 is 6.17. The highest BCUT2D eigenvalue weighted by Gasteiger charge is 2.35. The number of rotatable bonds is 4. The van der Waals surface area contributed by atoms with Crippen LogP contribution in [0.4, 0.5) is 5.69 Å². The van der Waals surface area contributed by atoms with E-state index in [0.29, 0.717) is 16.5 Å². The van der Waals surface area contributed by atoms with E-state index in [0.717, 1.165) is 29.7 Å². The smallest absolute Gasteiger partial charge is 0.272 e. The molecule has 1 N–H and O–H groups in total. The normalized spacial score (nSPS) is 18.0. The Labute approximate surface area is 179 Å². The molecule has 3 rings (SSSR count). The van der Waals surface area contributed by atoms with Crippen molar-refractivity contribution in [1.82, 2.24) is 5.43 Å². The average molecular weight is 412 g/mol. The zero-order chi connectivity index (χ0) is 21.3. The van der Waals surface area contributed by atoms with Crippen LogP contribution in [0.1, 0.15) is 72.6 Å². The van der Waals surface area contributed by atoms with Crippen molar-refractivity contribution >= 4 is 29.4 Å². The summed E-state index contributed by atoms with van der Waals surface area (Å²) in [5.41, 5.74) is 8.97. The number of benzene rings is 2. The zero-order valence-electron chi connectivity index (χ0n) is 18.1. The lowest BCUT2D eigenvalue weighted by atomic mass is 9.79. The fourth-order valence-corrected chi connectivity index (χ4v) is 4.73. The SMILES string of the molecule is CCN1c2cc(C)c(/C=N\NC(=O)c3ccc(C)cc3Cl)cc2[C@H](C)CC1(C)C. The van der Waals surface area contributed by atoms with E-state index < -0.39 is 0 Å². The monoisotopic (exact) mass is 411 g/mol. The molecule has 1 atom stereocenters. The number of hydrogen-bond donors (Lipinski definition) is 1. The number of aryl methyl sites for hydroxylation is 2. The summed E-state index contributed by atoms with van der Waals surface area (Å²) in [5.74, 6) is 0.158. The van der Waals surface area contributed by atoms with Crippen LogP contribution in [0, 0.1) is 13.8 Å². The molecule has 1 heterocycles. The van der Waals surface area contributed by atoms with Crippen LogP contribution in [0.15, 0.2) is 35.4 Å². The van der Waals surface area contributed by atoms with Crippen molar-refractivity contribution in [3.63, 3.8) is 0 Å². The summed E-state index contributed by atoms with van der Waals surface area (Å²) in [6.07, 6.45) is 2.83. The molecule has 2 aromatic carbocycles. The number of amides is 1. The van der Waals surface area contributed by atoms with E-state index in [1.165, 1.54) is 11.3 Å². The lowest BCUT2D eigenvalue weighted by Crippen LogP contribution is -2.48. The fraction of sp³-hybridized carbons (Fsp3) is 0.417. The summed E-state index contributed by atoms with van der Waals surface area (Å²) in [4.78, 5) is 14.9. The summed E-state index contributed by atoms with van der Waals surface area (Å²) in [6, 6.07) is 9.81. The van der Waals surface area contributed by atoms with Crippen LogP contribution in [0.2, 0.25) is 5.02 Å². The van der Waals surface area contributed by atoms with Crippen LogP contribution in [-0.2, 0) is 0 Å². The van der Waals surface area contributed by atoms with E-state index in [-0.39, 0.29) is 11.4 Å². The summed E-state index contributed by atoms with van der Waals surface area (Å²) in [5, 5.41) is 4.62. The Morgan fingerprint density at radius 3 is 2.69 bits per heavy atom. The van der Waals surface area contributed by atoms with Crippen LogP contribution in [-0.4, -0.2) is 24.2 Å². The molecule has 1 aliphatic rings. The van der Waals surface area contributed by atoms with E-state index in [1.807, 2.05) is 13.0 Å². The van der Waals surface area contributed by atoms with Gasteiger partial charge in [-0.25, -0.2) is 5.43 Å². The Hall–Kier alpha value is -2.33. The molecule has 1 aliphatic heterocycles. The topological polar surface area (TPSA) is 44.7 Å². The van der Waals surface area contributed by atoms with E-state index in [2.05, 4.69) is 62.2 Å². The van der Waals surface area contributed by atoms with Crippen LogP contribution < -0.4 is 10.3 Å². The van der Waals surface area contributed by atoms with Crippen LogP contribution in [0.5, 0.6) is 0 Å². The first-order chi connectivity index (χ1) is 13.6. The molecule has 0 fully saturated rings. The van der Waals surface area contributed by atoms with E-state index in [1.54, 1.807) is 18.3 Å². The van der Waals surface area contributed by atoms with E-state index >= 15 is 0 Å². The minimum absolute atomic E-state index is 0.143. The third-order valence-electron chi connectivity index (χ3n) is 5.83. The molecular formula is C24H30ClN3O. The maximum Gasteiger partial charge on any atom is 0.272 e. The highest BCUT2D eigenvalue weighted by atomic mass is 35.5. The van der Waals surface area contributed by atoms with Gasteiger partial charge in [0, 0.05) is 17.8 Å². The number of hydrazone groups is 1. The maximum absolute atomic E-state index is 12.4. The van der Waals surface area contributed by atoms with Gasteiger partial charge >= 0.3 is 0 Å². The number of halogens is 1. The maximum atomic E-state index is 12.4. The van der Waals surface area contributed by atoms with Gasteiger partial charge in [-0.15, -0.1) is 0 Å². The Morgan fingerprint density at radius 1 is 1.31 bits per heavy atom. The van der Waals surface area contributed by atoms with Gasteiger partial charge in [-0.3, -0.25) is 4.79 Å². The molecule has 0 aliphatic carbocycles. The number of carbonyl (C=O) groups is 1. The quantitative estimate of drug-likeness (QED) is 0.507. The highest BCUT2D eigenvalue weighted by Crippen LogP contribution is 2.43. The molecule has 0 saturated carbocycles. The van der Waals surface area contributed by atoms with Crippen molar-refractivity contribution in [3.8, 4) is 0 Å². The lowest BCUT2D eigenvalue weighted by Gasteiger charge is -2.47. The number of hydrogen-bond acceptors (Lipinski definition) is 3. The predicted octanol–water partition coefficient (Wildman–Crippen LogP) is 5.83.